The average Bonchev–Trinajstić information content (AvgIpc) is 2.38. The Bertz CT molecular complexity index is 461. The molecule has 0 radical (unpaired) electrons. The third-order valence-electron chi connectivity index (χ3n) is 2.78. The fourth-order valence-electron chi connectivity index (χ4n) is 1.92. The number of hydrogen-bond acceptors (Lipinski definition) is 3. The summed E-state index contributed by atoms with van der Waals surface area (Å²) in [5.41, 5.74) is 7.16. The van der Waals surface area contributed by atoms with E-state index in [2.05, 4.69) is 17.4 Å². The SMILES string of the molecule is CC(C)(C)OC(=O)NC(=CCN)CCCc1ccccc1. The Balaban J connectivity index is 2.43. The molecule has 0 aliphatic rings. The number of carbonyl (C=O) groups is 1. The minimum absolute atomic E-state index is 0.399. The summed E-state index contributed by atoms with van der Waals surface area (Å²) >= 11 is 0. The van der Waals surface area contributed by atoms with Gasteiger partial charge in [0, 0.05) is 12.2 Å². The predicted molar refractivity (Wildman–Crippen MR) is 85.9 cm³/mol. The molecule has 1 aromatic rings. The first-order valence-corrected chi connectivity index (χ1v) is 7.34. The number of alkyl carbamates (subject to hydrolysis) is 1. The van der Waals surface area contributed by atoms with E-state index in [1.807, 2.05) is 45.0 Å². The topological polar surface area (TPSA) is 64.3 Å². The highest BCUT2D eigenvalue weighted by Crippen LogP contribution is 2.11. The molecule has 4 nitrogen and oxygen atoms in total. The molecule has 1 rings (SSSR count). The molecular formula is C17H26N2O2. The number of nitrogens with one attached hydrogen (secondary N) is 1. The van der Waals surface area contributed by atoms with Crippen molar-refractivity contribution in [3.63, 3.8) is 0 Å². The quantitative estimate of drug-likeness (QED) is 0.844. The number of rotatable bonds is 6. The molecule has 0 unspecified atom stereocenters. The predicted octanol–water partition coefficient (Wildman–Crippen LogP) is 3.38. The fourth-order valence-corrected chi connectivity index (χ4v) is 1.92. The number of allylic oxidation sites excluding steroid dienone is 1. The molecule has 1 aromatic carbocycles. The molecule has 0 saturated heterocycles. The first kappa shape index (κ1) is 17.2. The maximum absolute atomic E-state index is 11.8. The van der Waals surface area contributed by atoms with Gasteiger partial charge in [0.2, 0.25) is 0 Å². The lowest BCUT2D eigenvalue weighted by Gasteiger charge is -2.20. The standard InChI is InChI=1S/C17H26N2O2/c1-17(2,3)21-16(20)19-15(12-13-18)11-7-10-14-8-5-4-6-9-14/h4-6,8-9,12H,7,10-11,13,18H2,1-3H3,(H,19,20). The van der Waals surface area contributed by atoms with Crippen LogP contribution in [0.1, 0.15) is 39.2 Å². The van der Waals surface area contributed by atoms with Gasteiger partial charge >= 0.3 is 6.09 Å². The summed E-state index contributed by atoms with van der Waals surface area (Å²) in [6.45, 7) is 5.92. The van der Waals surface area contributed by atoms with Crippen molar-refractivity contribution in [3.8, 4) is 0 Å². The summed E-state index contributed by atoms with van der Waals surface area (Å²) in [4.78, 5) is 11.8. The number of hydrogen-bond donors (Lipinski definition) is 2. The van der Waals surface area contributed by atoms with E-state index in [0.717, 1.165) is 25.0 Å². The van der Waals surface area contributed by atoms with Crippen LogP contribution in [-0.4, -0.2) is 18.2 Å². The molecule has 21 heavy (non-hydrogen) atoms. The summed E-state index contributed by atoms with van der Waals surface area (Å²) in [6, 6.07) is 10.3. The van der Waals surface area contributed by atoms with Gasteiger partial charge in [0.15, 0.2) is 0 Å². The Morgan fingerprint density at radius 3 is 2.52 bits per heavy atom. The molecule has 0 fully saturated rings. The van der Waals surface area contributed by atoms with Crippen molar-refractivity contribution in [2.45, 2.75) is 45.6 Å². The normalized spacial score (nSPS) is 12.1. The Morgan fingerprint density at radius 1 is 1.29 bits per heavy atom. The van der Waals surface area contributed by atoms with E-state index in [0.29, 0.717) is 6.54 Å². The van der Waals surface area contributed by atoms with Gasteiger partial charge in [-0.2, -0.15) is 0 Å². The number of ether oxygens (including phenoxy) is 1. The van der Waals surface area contributed by atoms with Crippen molar-refractivity contribution in [2.75, 3.05) is 6.54 Å². The highest BCUT2D eigenvalue weighted by Gasteiger charge is 2.16. The van der Waals surface area contributed by atoms with Gasteiger partial charge in [-0.25, -0.2) is 4.79 Å². The number of aryl methyl sites for hydroxylation is 1. The molecule has 1 amide bonds. The van der Waals surface area contributed by atoms with Gasteiger partial charge < -0.3 is 10.5 Å². The van der Waals surface area contributed by atoms with Crippen molar-refractivity contribution < 1.29 is 9.53 Å². The van der Waals surface area contributed by atoms with Crippen LogP contribution in [0.4, 0.5) is 4.79 Å². The Kier molecular flexibility index (Phi) is 6.96. The maximum atomic E-state index is 11.8. The summed E-state index contributed by atoms with van der Waals surface area (Å²) < 4.78 is 5.25. The summed E-state index contributed by atoms with van der Waals surface area (Å²) in [7, 11) is 0. The van der Waals surface area contributed by atoms with Gasteiger partial charge in [0.25, 0.3) is 0 Å². The van der Waals surface area contributed by atoms with Gasteiger partial charge in [0.05, 0.1) is 0 Å². The molecule has 3 N–H and O–H groups in total. The van der Waals surface area contributed by atoms with E-state index in [-0.39, 0.29) is 0 Å². The fraction of sp³-hybridized carbons (Fsp3) is 0.471. The Labute approximate surface area is 127 Å². The van der Waals surface area contributed by atoms with Crippen LogP contribution in [0.25, 0.3) is 0 Å². The molecular weight excluding hydrogens is 264 g/mol. The molecule has 0 bridgehead atoms. The molecule has 4 heteroatoms. The first-order chi connectivity index (χ1) is 9.90. The second-order valence-corrected chi connectivity index (χ2v) is 5.93. The molecule has 116 valence electrons. The van der Waals surface area contributed by atoms with Crippen LogP contribution in [0, 0.1) is 0 Å². The monoisotopic (exact) mass is 290 g/mol. The summed E-state index contributed by atoms with van der Waals surface area (Å²) in [5.74, 6) is 0. The molecule has 0 saturated carbocycles. The van der Waals surface area contributed by atoms with E-state index in [1.54, 1.807) is 0 Å². The van der Waals surface area contributed by atoms with E-state index in [9.17, 15) is 4.79 Å². The number of amides is 1. The molecule has 0 aromatic heterocycles. The minimum Gasteiger partial charge on any atom is -0.444 e. The average molecular weight is 290 g/mol. The van der Waals surface area contributed by atoms with Gasteiger partial charge in [-0.05, 0) is 45.6 Å². The highest BCUT2D eigenvalue weighted by molar-refractivity contribution is 5.69. The van der Waals surface area contributed by atoms with Crippen molar-refractivity contribution >= 4 is 6.09 Å². The van der Waals surface area contributed by atoms with Gasteiger partial charge in [-0.3, -0.25) is 5.32 Å². The highest BCUT2D eigenvalue weighted by atomic mass is 16.6. The Morgan fingerprint density at radius 2 is 1.95 bits per heavy atom. The van der Waals surface area contributed by atoms with E-state index < -0.39 is 11.7 Å². The van der Waals surface area contributed by atoms with Crippen LogP contribution in [0.2, 0.25) is 0 Å². The van der Waals surface area contributed by atoms with E-state index >= 15 is 0 Å². The van der Waals surface area contributed by atoms with E-state index in [4.69, 9.17) is 10.5 Å². The van der Waals surface area contributed by atoms with Crippen LogP contribution in [-0.2, 0) is 11.2 Å². The molecule has 0 spiro atoms. The zero-order chi connectivity index (χ0) is 15.7. The minimum atomic E-state index is -0.498. The largest absolute Gasteiger partial charge is 0.444 e. The summed E-state index contributed by atoms with van der Waals surface area (Å²) in [6.07, 6.45) is 4.09. The lowest BCUT2D eigenvalue weighted by molar-refractivity contribution is 0.0544. The lowest BCUT2D eigenvalue weighted by Crippen LogP contribution is -2.32. The van der Waals surface area contributed by atoms with Crippen LogP contribution in [0.5, 0.6) is 0 Å². The number of carbonyl (C=O) groups excluding carboxylic acids is 1. The Hall–Kier alpha value is -1.81. The molecule has 0 atom stereocenters. The number of benzene rings is 1. The van der Waals surface area contributed by atoms with Gasteiger partial charge in [-0.15, -0.1) is 0 Å². The van der Waals surface area contributed by atoms with Crippen LogP contribution in [0.3, 0.4) is 0 Å². The first-order valence-electron chi connectivity index (χ1n) is 7.34. The smallest absolute Gasteiger partial charge is 0.411 e. The molecule has 0 aliphatic carbocycles. The van der Waals surface area contributed by atoms with Crippen molar-refractivity contribution in [3.05, 3.63) is 47.7 Å². The van der Waals surface area contributed by atoms with Gasteiger partial charge in [-0.1, -0.05) is 36.4 Å². The van der Waals surface area contributed by atoms with Crippen LogP contribution in [0.15, 0.2) is 42.1 Å². The zero-order valence-electron chi connectivity index (χ0n) is 13.2. The number of nitrogens with two attached hydrogens (primary N) is 1. The third-order valence-corrected chi connectivity index (χ3v) is 2.78. The molecule has 0 aliphatic heterocycles. The van der Waals surface area contributed by atoms with Crippen molar-refractivity contribution in [1.82, 2.24) is 5.32 Å². The maximum Gasteiger partial charge on any atom is 0.411 e. The van der Waals surface area contributed by atoms with Crippen molar-refractivity contribution in [2.24, 2.45) is 5.73 Å². The lowest BCUT2D eigenvalue weighted by atomic mass is 10.1. The zero-order valence-corrected chi connectivity index (χ0v) is 13.2. The van der Waals surface area contributed by atoms with Crippen LogP contribution >= 0.6 is 0 Å². The summed E-state index contributed by atoms with van der Waals surface area (Å²) in [5, 5.41) is 2.78. The third kappa shape index (κ3) is 8.15. The van der Waals surface area contributed by atoms with E-state index in [1.165, 1.54) is 5.56 Å². The van der Waals surface area contributed by atoms with Crippen LogP contribution < -0.4 is 11.1 Å². The molecule has 0 heterocycles. The van der Waals surface area contributed by atoms with Gasteiger partial charge in [0.1, 0.15) is 5.60 Å². The second-order valence-electron chi connectivity index (χ2n) is 5.93. The van der Waals surface area contributed by atoms with Crippen molar-refractivity contribution in [1.29, 1.82) is 0 Å². The second kappa shape index (κ2) is 8.47.